The lowest BCUT2D eigenvalue weighted by molar-refractivity contribution is -0.133. The lowest BCUT2D eigenvalue weighted by Crippen LogP contribution is -2.39. The summed E-state index contributed by atoms with van der Waals surface area (Å²) >= 11 is 6.06. The van der Waals surface area contributed by atoms with Crippen molar-refractivity contribution in [1.29, 1.82) is 0 Å². The van der Waals surface area contributed by atoms with E-state index in [2.05, 4.69) is 16.3 Å². The number of nitrogens with zero attached hydrogens (tertiary/aromatic N) is 4. The van der Waals surface area contributed by atoms with Crippen LogP contribution in [0.15, 0.2) is 30.6 Å². The van der Waals surface area contributed by atoms with Gasteiger partial charge in [0.05, 0.1) is 0 Å². The van der Waals surface area contributed by atoms with Gasteiger partial charge in [0.25, 0.3) is 0 Å². The molecule has 2 aliphatic rings. The summed E-state index contributed by atoms with van der Waals surface area (Å²) in [5.41, 5.74) is 1.19. The van der Waals surface area contributed by atoms with E-state index in [1.54, 1.807) is 6.33 Å². The molecule has 1 saturated heterocycles. The van der Waals surface area contributed by atoms with Crippen molar-refractivity contribution < 1.29 is 4.79 Å². The van der Waals surface area contributed by atoms with Crippen molar-refractivity contribution in [2.24, 2.45) is 13.0 Å². The zero-order valence-electron chi connectivity index (χ0n) is 13.7. The average Bonchev–Trinajstić information content (AvgIpc) is 3.29. The van der Waals surface area contributed by atoms with Crippen LogP contribution >= 0.6 is 11.6 Å². The molecule has 0 radical (unpaired) electrons. The van der Waals surface area contributed by atoms with E-state index in [4.69, 9.17) is 11.6 Å². The Kier molecular flexibility index (Phi) is 4.04. The van der Waals surface area contributed by atoms with E-state index in [0.29, 0.717) is 17.7 Å². The summed E-state index contributed by atoms with van der Waals surface area (Å²) < 4.78 is 1.98. The van der Waals surface area contributed by atoms with Crippen LogP contribution in [0.4, 0.5) is 0 Å². The number of likely N-dealkylation sites (tertiary alicyclic amines) is 1. The average molecular weight is 345 g/mol. The van der Waals surface area contributed by atoms with E-state index >= 15 is 0 Å². The molecule has 0 N–H and O–H groups in total. The topological polar surface area (TPSA) is 51.0 Å². The van der Waals surface area contributed by atoms with Crippen molar-refractivity contribution >= 4 is 17.5 Å². The lowest BCUT2D eigenvalue weighted by Gasteiger charge is -2.31. The molecule has 126 valence electrons. The fourth-order valence-corrected chi connectivity index (χ4v) is 4.03. The molecule has 1 amide bonds. The number of aromatic nitrogens is 3. The monoisotopic (exact) mass is 344 g/mol. The maximum Gasteiger partial charge on any atom is 0.226 e. The third kappa shape index (κ3) is 2.93. The first-order valence-electron chi connectivity index (χ1n) is 8.51. The first-order chi connectivity index (χ1) is 11.6. The highest BCUT2D eigenvalue weighted by Crippen LogP contribution is 2.49. The Bertz CT molecular complexity index is 751. The van der Waals surface area contributed by atoms with Crippen LogP contribution in [0.3, 0.4) is 0 Å². The Hall–Kier alpha value is -1.88. The lowest BCUT2D eigenvalue weighted by atomic mass is 9.95. The molecule has 4 rings (SSSR count). The van der Waals surface area contributed by atoms with E-state index in [1.807, 2.05) is 34.7 Å². The maximum atomic E-state index is 12.7. The van der Waals surface area contributed by atoms with Gasteiger partial charge in [-0.3, -0.25) is 4.79 Å². The van der Waals surface area contributed by atoms with Crippen molar-refractivity contribution in [3.63, 3.8) is 0 Å². The molecule has 2 aromatic rings. The number of rotatable bonds is 3. The van der Waals surface area contributed by atoms with Crippen LogP contribution in [0.25, 0.3) is 0 Å². The minimum atomic E-state index is 0.134. The zero-order valence-corrected chi connectivity index (χ0v) is 14.5. The number of hydrogen-bond donors (Lipinski definition) is 0. The van der Waals surface area contributed by atoms with Crippen molar-refractivity contribution in [3.05, 3.63) is 47.0 Å². The Morgan fingerprint density at radius 3 is 2.75 bits per heavy atom. The minimum Gasteiger partial charge on any atom is -0.342 e. The van der Waals surface area contributed by atoms with E-state index in [-0.39, 0.29) is 5.92 Å². The predicted octanol–water partition coefficient (Wildman–Crippen LogP) is 2.98. The van der Waals surface area contributed by atoms with Crippen LogP contribution in [0.5, 0.6) is 0 Å². The Labute approximate surface area is 146 Å². The molecule has 5 nitrogen and oxygen atoms in total. The molecule has 0 spiro atoms. The highest BCUT2D eigenvalue weighted by molar-refractivity contribution is 6.30. The molecule has 1 aromatic heterocycles. The van der Waals surface area contributed by atoms with Gasteiger partial charge in [-0.25, -0.2) is 0 Å². The molecule has 1 aliphatic carbocycles. The summed E-state index contributed by atoms with van der Waals surface area (Å²) in [4.78, 5) is 14.8. The number of hydrogen-bond acceptors (Lipinski definition) is 3. The van der Waals surface area contributed by atoms with Crippen molar-refractivity contribution in [1.82, 2.24) is 19.7 Å². The van der Waals surface area contributed by atoms with Crippen LogP contribution in [-0.4, -0.2) is 38.7 Å². The molecule has 1 saturated carbocycles. The van der Waals surface area contributed by atoms with Crippen molar-refractivity contribution in [2.45, 2.75) is 31.1 Å². The molecule has 24 heavy (non-hydrogen) atoms. The quantitative estimate of drug-likeness (QED) is 0.860. The smallest absolute Gasteiger partial charge is 0.226 e. The molecule has 2 atom stereocenters. The summed E-state index contributed by atoms with van der Waals surface area (Å²) in [6.07, 6.45) is 4.62. The van der Waals surface area contributed by atoms with Crippen LogP contribution < -0.4 is 0 Å². The molecule has 6 heteroatoms. The van der Waals surface area contributed by atoms with Crippen LogP contribution in [0.1, 0.15) is 42.5 Å². The van der Waals surface area contributed by atoms with Gasteiger partial charge in [0, 0.05) is 37.0 Å². The highest BCUT2D eigenvalue weighted by atomic mass is 35.5. The molecule has 1 aliphatic heterocycles. The normalized spacial score (nSPS) is 24.2. The first-order valence-corrected chi connectivity index (χ1v) is 8.89. The largest absolute Gasteiger partial charge is 0.342 e. The number of benzene rings is 1. The van der Waals surface area contributed by atoms with Crippen LogP contribution in [0, 0.1) is 5.92 Å². The van der Waals surface area contributed by atoms with Gasteiger partial charge in [0.2, 0.25) is 5.91 Å². The second kappa shape index (κ2) is 6.20. The van der Waals surface area contributed by atoms with Crippen LogP contribution in [0.2, 0.25) is 5.02 Å². The highest BCUT2D eigenvalue weighted by Gasteiger charge is 2.46. The van der Waals surface area contributed by atoms with Crippen molar-refractivity contribution in [2.75, 3.05) is 13.1 Å². The van der Waals surface area contributed by atoms with E-state index in [9.17, 15) is 4.79 Å². The third-order valence-electron chi connectivity index (χ3n) is 5.30. The summed E-state index contributed by atoms with van der Waals surface area (Å²) in [5, 5.41) is 8.92. The summed E-state index contributed by atoms with van der Waals surface area (Å²) in [6.45, 7) is 1.63. The van der Waals surface area contributed by atoms with Gasteiger partial charge in [-0.05, 0) is 42.9 Å². The van der Waals surface area contributed by atoms with Gasteiger partial charge in [-0.2, -0.15) is 0 Å². The zero-order chi connectivity index (χ0) is 16.7. The summed E-state index contributed by atoms with van der Waals surface area (Å²) in [5.74, 6) is 2.22. The second-order valence-corrected chi connectivity index (χ2v) is 7.34. The maximum absolute atomic E-state index is 12.7. The van der Waals surface area contributed by atoms with Gasteiger partial charge >= 0.3 is 0 Å². The number of carbonyl (C=O) groups is 1. The first kappa shape index (κ1) is 15.6. The number of piperidine rings is 1. The van der Waals surface area contributed by atoms with Crippen molar-refractivity contribution in [3.8, 4) is 0 Å². The summed E-state index contributed by atoms with van der Waals surface area (Å²) in [6, 6.07) is 7.90. The predicted molar refractivity (Wildman–Crippen MR) is 91.9 cm³/mol. The number of aryl methyl sites for hydroxylation is 1. The van der Waals surface area contributed by atoms with Gasteiger partial charge < -0.3 is 9.47 Å². The number of amides is 1. The van der Waals surface area contributed by atoms with Gasteiger partial charge in [-0.1, -0.05) is 23.7 Å². The molecule has 0 bridgehead atoms. The fraction of sp³-hybridized carbons (Fsp3) is 0.500. The van der Waals surface area contributed by atoms with Gasteiger partial charge in [0.1, 0.15) is 12.2 Å². The SMILES string of the molecule is Cn1cnnc1C1CCN(C(=O)C2CC2c2cccc(Cl)c2)CC1. The molecular weight excluding hydrogens is 324 g/mol. The second-order valence-electron chi connectivity index (χ2n) is 6.90. The minimum absolute atomic E-state index is 0.134. The molecule has 1 aromatic carbocycles. The Morgan fingerprint density at radius 2 is 2.08 bits per heavy atom. The van der Waals surface area contributed by atoms with Gasteiger partial charge in [-0.15, -0.1) is 10.2 Å². The van der Waals surface area contributed by atoms with E-state index in [0.717, 1.165) is 43.2 Å². The van der Waals surface area contributed by atoms with E-state index in [1.165, 1.54) is 5.56 Å². The third-order valence-corrected chi connectivity index (χ3v) is 5.54. The van der Waals surface area contributed by atoms with Gasteiger partial charge in [0.15, 0.2) is 0 Å². The molecule has 2 heterocycles. The molecule has 2 unspecified atom stereocenters. The number of carbonyl (C=O) groups excluding carboxylic acids is 1. The Balaban J connectivity index is 1.35. The molecule has 2 fully saturated rings. The van der Waals surface area contributed by atoms with Crippen LogP contribution in [-0.2, 0) is 11.8 Å². The summed E-state index contributed by atoms with van der Waals surface area (Å²) in [7, 11) is 1.98. The standard InChI is InChI=1S/C18H21ClN4O/c1-22-11-20-21-17(22)12-5-7-23(8-6-12)18(24)16-10-15(16)13-3-2-4-14(19)9-13/h2-4,9,11-12,15-16H,5-8,10H2,1H3. The number of halogens is 1. The molecular formula is C18H21ClN4O. The Morgan fingerprint density at radius 1 is 1.29 bits per heavy atom. The fourth-order valence-electron chi connectivity index (χ4n) is 3.83. The van der Waals surface area contributed by atoms with E-state index < -0.39 is 0 Å².